The summed E-state index contributed by atoms with van der Waals surface area (Å²) in [5.41, 5.74) is 5.37. The number of carbonyl (C=O) groups is 1. The van der Waals surface area contributed by atoms with Crippen LogP contribution in [0.25, 0.3) is 0 Å². The summed E-state index contributed by atoms with van der Waals surface area (Å²) >= 11 is 1.72. The van der Waals surface area contributed by atoms with Crippen molar-refractivity contribution in [1.82, 2.24) is 0 Å². The van der Waals surface area contributed by atoms with Crippen LogP contribution in [-0.4, -0.2) is 28.6 Å². The lowest BCUT2D eigenvalue weighted by molar-refractivity contribution is -0.138. The summed E-state index contributed by atoms with van der Waals surface area (Å²) in [7, 11) is 0. The lowest BCUT2D eigenvalue weighted by Gasteiger charge is -2.04. The van der Waals surface area contributed by atoms with Gasteiger partial charge in [-0.3, -0.25) is 4.79 Å². The number of carboxylic acids is 1. The highest BCUT2D eigenvalue weighted by Crippen LogP contribution is 2.06. The minimum absolute atomic E-state index is 0.540. The van der Waals surface area contributed by atoms with Crippen LogP contribution in [0.1, 0.15) is 26.7 Å². The number of rotatable bonds is 8. The molecule has 0 aliphatic rings. The van der Waals surface area contributed by atoms with Crippen molar-refractivity contribution in [3.63, 3.8) is 0 Å². The molecule has 0 bridgehead atoms. The second kappa shape index (κ2) is 8.80. The molecule has 0 fully saturated rings. The maximum atomic E-state index is 10.4. The van der Waals surface area contributed by atoms with E-state index < -0.39 is 12.0 Å². The molecule has 0 amide bonds. The molecule has 4 heteroatoms. The van der Waals surface area contributed by atoms with Gasteiger partial charge >= 0.3 is 5.97 Å². The fourth-order valence-corrected chi connectivity index (χ4v) is 1.78. The molecule has 0 spiro atoms. The lowest BCUT2D eigenvalue weighted by Crippen LogP contribution is -2.30. The van der Waals surface area contributed by atoms with Gasteiger partial charge < -0.3 is 10.8 Å². The van der Waals surface area contributed by atoms with Gasteiger partial charge in [-0.25, -0.2) is 0 Å². The van der Waals surface area contributed by atoms with Crippen LogP contribution in [-0.2, 0) is 4.79 Å². The molecule has 88 valence electrons. The highest BCUT2D eigenvalue weighted by Gasteiger charge is 2.09. The van der Waals surface area contributed by atoms with Crippen molar-refractivity contribution in [2.24, 2.45) is 11.7 Å². The molecule has 0 rings (SSSR count). The van der Waals surface area contributed by atoms with Crippen molar-refractivity contribution >= 4 is 17.7 Å². The average Bonchev–Trinajstić information content (AvgIpc) is 2.15. The summed E-state index contributed by atoms with van der Waals surface area (Å²) in [5, 5.41) is 8.54. The summed E-state index contributed by atoms with van der Waals surface area (Å²) in [4.78, 5) is 10.4. The molecular weight excluding hydrogens is 210 g/mol. The molecule has 0 aliphatic carbocycles. The summed E-state index contributed by atoms with van der Waals surface area (Å²) in [5.74, 6) is 1.54. The number of nitrogens with two attached hydrogens (primary N) is 1. The summed E-state index contributed by atoms with van der Waals surface area (Å²) in [6.45, 7) is 4.37. The fourth-order valence-electron chi connectivity index (χ4n) is 0.922. The van der Waals surface area contributed by atoms with Crippen LogP contribution in [0.3, 0.4) is 0 Å². The molecule has 0 aromatic heterocycles. The third-order valence-corrected chi connectivity index (χ3v) is 2.83. The fraction of sp³-hybridized carbons (Fsp3) is 0.727. The topological polar surface area (TPSA) is 63.3 Å². The summed E-state index contributed by atoms with van der Waals surface area (Å²) in [6, 6.07) is -0.711. The normalized spacial score (nSPS) is 13.6. The predicted molar refractivity (Wildman–Crippen MR) is 66.1 cm³/mol. The van der Waals surface area contributed by atoms with Crippen molar-refractivity contribution < 1.29 is 9.90 Å². The molecule has 3 N–H and O–H groups in total. The van der Waals surface area contributed by atoms with Gasteiger partial charge in [0.2, 0.25) is 0 Å². The Morgan fingerprint density at radius 2 is 2.13 bits per heavy atom. The van der Waals surface area contributed by atoms with Gasteiger partial charge in [-0.05, 0) is 24.5 Å². The van der Waals surface area contributed by atoms with Crippen LogP contribution in [0.2, 0.25) is 0 Å². The Hall–Kier alpha value is -0.480. The highest BCUT2D eigenvalue weighted by atomic mass is 32.2. The maximum Gasteiger partial charge on any atom is 0.320 e. The third kappa shape index (κ3) is 9.82. The van der Waals surface area contributed by atoms with Crippen molar-refractivity contribution in [3.05, 3.63) is 12.2 Å². The van der Waals surface area contributed by atoms with Gasteiger partial charge in [-0.1, -0.05) is 26.0 Å². The zero-order chi connectivity index (χ0) is 11.7. The number of aliphatic carboxylic acids is 1. The molecule has 0 aliphatic heterocycles. The van der Waals surface area contributed by atoms with Crippen LogP contribution in [0.15, 0.2) is 12.2 Å². The van der Waals surface area contributed by atoms with E-state index in [1.165, 1.54) is 0 Å². The van der Waals surface area contributed by atoms with Gasteiger partial charge in [0.05, 0.1) is 0 Å². The van der Waals surface area contributed by atoms with E-state index in [9.17, 15) is 4.79 Å². The molecule has 0 heterocycles. The Bertz CT molecular complexity index is 205. The first kappa shape index (κ1) is 14.5. The minimum atomic E-state index is -0.911. The van der Waals surface area contributed by atoms with Gasteiger partial charge in [0.25, 0.3) is 0 Å². The van der Waals surface area contributed by atoms with Crippen LogP contribution < -0.4 is 5.73 Å². The van der Waals surface area contributed by atoms with Gasteiger partial charge in [0.15, 0.2) is 0 Å². The Morgan fingerprint density at radius 1 is 1.47 bits per heavy atom. The monoisotopic (exact) mass is 231 g/mol. The zero-order valence-corrected chi connectivity index (χ0v) is 10.3. The average molecular weight is 231 g/mol. The second-order valence-corrected chi connectivity index (χ2v) is 5.06. The Morgan fingerprint density at radius 3 is 2.67 bits per heavy atom. The lowest BCUT2D eigenvalue weighted by atomic mass is 10.1. The van der Waals surface area contributed by atoms with Crippen molar-refractivity contribution in [2.75, 3.05) is 11.5 Å². The van der Waals surface area contributed by atoms with E-state index in [2.05, 4.69) is 26.0 Å². The molecule has 1 atom stereocenters. The van der Waals surface area contributed by atoms with E-state index in [1.54, 1.807) is 11.8 Å². The molecular formula is C11H21NO2S. The van der Waals surface area contributed by atoms with Gasteiger partial charge in [-0.2, -0.15) is 11.8 Å². The quantitative estimate of drug-likeness (QED) is 0.496. The van der Waals surface area contributed by atoms with Crippen molar-refractivity contribution in [3.8, 4) is 0 Å². The van der Waals surface area contributed by atoms with Gasteiger partial charge in [0.1, 0.15) is 6.04 Å². The Labute approximate surface area is 96.1 Å². The van der Waals surface area contributed by atoms with E-state index in [4.69, 9.17) is 10.8 Å². The standard InChI is InChI=1S/C11H21NO2S/c1-9(2)5-3-4-7-15-8-6-10(12)11(13)14/h3-4,9-10H,5-8,12H2,1-2H3,(H,13,14)/b4-3+/t10-/m0/s1. The zero-order valence-electron chi connectivity index (χ0n) is 9.48. The van der Waals surface area contributed by atoms with Crippen LogP contribution >= 0.6 is 11.8 Å². The second-order valence-electron chi connectivity index (χ2n) is 3.91. The highest BCUT2D eigenvalue weighted by molar-refractivity contribution is 7.99. The largest absolute Gasteiger partial charge is 0.480 e. The number of thioether (sulfide) groups is 1. The van der Waals surface area contributed by atoms with E-state index in [0.717, 1.165) is 17.9 Å². The van der Waals surface area contributed by atoms with E-state index >= 15 is 0 Å². The molecule has 0 saturated heterocycles. The number of hydrogen-bond donors (Lipinski definition) is 2. The summed E-state index contributed by atoms with van der Waals surface area (Å²) < 4.78 is 0. The first-order valence-electron chi connectivity index (χ1n) is 5.25. The molecule has 0 aromatic carbocycles. The predicted octanol–water partition coefficient (Wildman–Crippen LogP) is 2.12. The van der Waals surface area contributed by atoms with Gasteiger partial charge in [-0.15, -0.1) is 0 Å². The molecule has 3 nitrogen and oxygen atoms in total. The molecule has 0 aromatic rings. The molecule has 0 saturated carbocycles. The Kier molecular flexibility index (Phi) is 8.52. The smallest absolute Gasteiger partial charge is 0.320 e. The first-order chi connectivity index (χ1) is 7.04. The van der Waals surface area contributed by atoms with Crippen LogP contribution in [0.5, 0.6) is 0 Å². The van der Waals surface area contributed by atoms with E-state index in [1.807, 2.05) is 0 Å². The summed E-state index contributed by atoms with van der Waals surface area (Å²) in [6.07, 6.45) is 5.96. The molecule has 0 unspecified atom stereocenters. The van der Waals surface area contributed by atoms with E-state index in [-0.39, 0.29) is 0 Å². The van der Waals surface area contributed by atoms with Gasteiger partial charge in [0, 0.05) is 5.75 Å². The van der Waals surface area contributed by atoms with E-state index in [0.29, 0.717) is 12.3 Å². The SMILES string of the molecule is CC(C)C/C=C/CSCC[C@H](N)C(=O)O. The van der Waals surface area contributed by atoms with Crippen LogP contribution in [0.4, 0.5) is 0 Å². The first-order valence-corrected chi connectivity index (χ1v) is 6.40. The van der Waals surface area contributed by atoms with Crippen molar-refractivity contribution in [1.29, 1.82) is 0 Å². The minimum Gasteiger partial charge on any atom is -0.480 e. The molecule has 15 heavy (non-hydrogen) atoms. The molecule has 0 radical (unpaired) electrons. The number of carboxylic acid groups (broad SMARTS) is 1. The van der Waals surface area contributed by atoms with Crippen LogP contribution in [0, 0.1) is 5.92 Å². The third-order valence-electron chi connectivity index (χ3n) is 1.88. The number of hydrogen-bond acceptors (Lipinski definition) is 3. The van der Waals surface area contributed by atoms with Crippen molar-refractivity contribution in [2.45, 2.75) is 32.7 Å². The number of allylic oxidation sites excluding steroid dienone is 1. The Balaban J connectivity index is 3.32. The maximum absolute atomic E-state index is 10.4.